The zero-order valence-electron chi connectivity index (χ0n) is 8.48. The summed E-state index contributed by atoms with van der Waals surface area (Å²) < 4.78 is 38.6. The van der Waals surface area contributed by atoms with Crippen LogP contribution in [0.4, 0.5) is 13.2 Å². The maximum atomic E-state index is 12.5. The van der Waals surface area contributed by atoms with E-state index in [1.54, 1.807) is 0 Å². The fourth-order valence-corrected chi connectivity index (χ4v) is 1.43. The van der Waals surface area contributed by atoms with Gasteiger partial charge in [-0.3, -0.25) is 4.79 Å². The van der Waals surface area contributed by atoms with Gasteiger partial charge >= 0.3 is 6.18 Å². The number of hydrogen-bond donors (Lipinski definition) is 0. The Hall–Kier alpha value is -2.11. The minimum absolute atomic E-state index is 0.198. The molecule has 88 valence electrons. The van der Waals surface area contributed by atoms with Gasteiger partial charge in [0.1, 0.15) is 5.69 Å². The second-order valence-electron chi connectivity index (χ2n) is 3.33. The minimum Gasteiger partial charge on any atom is -0.296 e. The first-order chi connectivity index (χ1) is 8.02. The lowest BCUT2D eigenvalue weighted by Gasteiger charge is -2.09. The van der Waals surface area contributed by atoms with E-state index in [0.29, 0.717) is 6.29 Å². The van der Waals surface area contributed by atoms with Crippen LogP contribution in [0.1, 0.15) is 16.1 Å². The average molecular weight is 240 g/mol. The van der Waals surface area contributed by atoms with Crippen molar-refractivity contribution in [2.45, 2.75) is 6.18 Å². The smallest absolute Gasteiger partial charge is 0.296 e. The molecule has 0 aliphatic rings. The highest BCUT2D eigenvalue weighted by Gasteiger charge is 2.30. The van der Waals surface area contributed by atoms with E-state index in [4.69, 9.17) is 0 Å². The van der Waals surface area contributed by atoms with Crippen molar-refractivity contribution >= 4 is 6.29 Å². The van der Waals surface area contributed by atoms with Crippen LogP contribution in [0.5, 0.6) is 0 Å². The van der Waals surface area contributed by atoms with Crippen LogP contribution in [-0.2, 0) is 6.18 Å². The second-order valence-corrected chi connectivity index (χ2v) is 3.33. The van der Waals surface area contributed by atoms with Gasteiger partial charge in [0.15, 0.2) is 6.29 Å². The Morgan fingerprint density at radius 1 is 1.24 bits per heavy atom. The number of nitrogens with zero attached hydrogens (tertiary/aromatic N) is 2. The molecule has 1 heterocycles. The zero-order valence-corrected chi connectivity index (χ0v) is 8.48. The number of rotatable bonds is 2. The van der Waals surface area contributed by atoms with E-state index in [9.17, 15) is 18.0 Å². The molecule has 6 heteroatoms. The molecule has 0 spiro atoms. The van der Waals surface area contributed by atoms with Crippen LogP contribution >= 0.6 is 0 Å². The Morgan fingerprint density at radius 2 is 2.00 bits per heavy atom. The SMILES string of the molecule is O=Cc1ccnn1-c1cccc(C(F)(F)F)c1. The number of aldehydes is 1. The Balaban J connectivity index is 2.51. The van der Waals surface area contributed by atoms with Crippen molar-refractivity contribution in [3.8, 4) is 5.69 Å². The molecule has 2 rings (SSSR count). The summed E-state index contributed by atoms with van der Waals surface area (Å²) in [5.74, 6) is 0. The molecule has 3 nitrogen and oxygen atoms in total. The molecule has 0 atom stereocenters. The largest absolute Gasteiger partial charge is 0.416 e. The van der Waals surface area contributed by atoms with E-state index in [2.05, 4.69) is 5.10 Å². The molecule has 0 N–H and O–H groups in total. The number of carbonyl (C=O) groups excluding carboxylic acids is 1. The minimum atomic E-state index is -4.41. The topological polar surface area (TPSA) is 34.9 Å². The lowest BCUT2D eigenvalue weighted by Crippen LogP contribution is -2.07. The maximum absolute atomic E-state index is 12.5. The molecule has 0 saturated heterocycles. The summed E-state index contributed by atoms with van der Waals surface area (Å²) in [6, 6.07) is 6.06. The molecule has 0 aliphatic carbocycles. The van der Waals surface area contributed by atoms with Gasteiger partial charge in [0.25, 0.3) is 0 Å². The molecule has 0 bridgehead atoms. The number of aromatic nitrogens is 2. The molecule has 1 aromatic heterocycles. The number of halogens is 3. The van der Waals surface area contributed by atoms with Crippen molar-refractivity contribution in [1.82, 2.24) is 9.78 Å². The highest BCUT2D eigenvalue weighted by atomic mass is 19.4. The second kappa shape index (κ2) is 4.04. The van der Waals surface area contributed by atoms with Gasteiger partial charge in [-0.25, -0.2) is 4.68 Å². The van der Waals surface area contributed by atoms with Crippen molar-refractivity contribution < 1.29 is 18.0 Å². The Kier molecular flexibility index (Phi) is 2.71. The van der Waals surface area contributed by atoms with Gasteiger partial charge in [-0.1, -0.05) is 6.07 Å². The van der Waals surface area contributed by atoms with Gasteiger partial charge in [0.2, 0.25) is 0 Å². The number of hydrogen-bond acceptors (Lipinski definition) is 2. The van der Waals surface area contributed by atoms with Gasteiger partial charge in [-0.15, -0.1) is 0 Å². The van der Waals surface area contributed by atoms with Crippen LogP contribution in [0.2, 0.25) is 0 Å². The summed E-state index contributed by atoms with van der Waals surface area (Å²) in [7, 11) is 0. The van der Waals surface area contributed by atoms with Crippen LogP contribution in [-0.4, -0.2) is 16.1 Å². The lowest BCUT2D eigenvalue weighted by atomic mass is 10.2. The van der Waals surface area contributed by atoms with Crippen molar-refractivity contribution in [2.75, 3.05) is 0 Å². The normalized spacial score (nSPS) is 11.5. The first-order valence-corrected chi connectivity index (χ1v) is 4.69. The highest BCUT2D eigenvalue weighted by Crippen LogP contribution is 2.30. The lowest BCUT2D eigenvalue weighted by molar-refractivity contribution is -0.137. The summed E-state index contributed by atoms with van der Waals surface area (Å²) >= 11 is 0. The summed E-state index contributed by atoms with van der Waals surface area (Å²) in [6.07, 6.45) is -2.53. The summed E-state index contributed by atoms with van der Waals surface area (Å²) in [6.45, 7) is 0. The first-order valence-electron chi connectivity index (χ1n) is 4.69. The Labute approximate surface area is 94.5 Å². The first kappa shape index (κ1) is 11.4. The van der Waals surface area contributed by atoms with E-state index in [0.717, 1.165) is 16.8 Å². The number of carbonyl (C=O) groups is 1. The van der Waals surface area contributed by atoms with Gasteiger partial charge in [0.05, 0.1) is 17.4 Å². The summed E-state index contributed by atoms with van der Waals surface area (Å²) in [5.41, 5.74) is -0.376. The monoisotopic (exact) mass is 240 g/mol. The predicted molar refractivity (Wildman–Crippen MR) is 54.0 cm³/mol. The Bertz CT molecular complexity index is 546. The highest BCUT2D eigenvalue weighted by molar-refractivity contribution is 5.73. The predicted octanol–water partition coefficient (Wildman–Crippen LogP) is 2.70. The molecule has 0 radical (unpaired) electrons. The van der Waals surface area contributed by atoms with Crippen LogP contribution < -0.4 is 0 Å². The summed E-state index contributed by atoms with van der Waals surface area (Å²) in [5, 5.41) is 3.80. The van der Waals surface area contributed by atoms with Crippen molar-refractivity contribution in [3.05, 3.63) is 47.8 Å². The van der Waals surface area contributed by atoms with E-state index in [-0.39, 0.29) is 11.4 Å². The number of benzene rings is 1. The quantitative estimate of drug-likeness (QED) is 0.756. The fourth-order valence-electron chi connectivity index (χ4n) is 1.43. The van der Waals surface area contributed by atoms with Crippen LogP contribution in [0.3, 0.4) is 0 Å². The third-order valence-corrected chi connectivity index (χ3v) is 2.21. The van der Waals surface area contributed by atoms with Crippen molar-refractivity contribution in [3.63, 3.8) is 0 Å². The van der Waals surface area contributed by atoms with E-state index >= 15 is 0 Å². The number of alkyl halides is 3. The van der Waals surface area contributed by atoms with Gasteiger partial charge < -0.3 is 0 Å². The zero-order chi connectivity index (χ0) is 12.5. The van der Waals surface area contributed by atoms with E-state index < -0.39 is 11.7 Å². The molecular formula is C11H7F3N2O. The van der Waals surface area contributed by atoms with Crippen molar-refractivity contribution in [2.24, 2.45) is 0 Å². The standard InChI is InChI=1S/C11H7F3N2O/c12-11(13,14)8-2-1-3-9(6-8)16-10(7-17)4-5-15-16/h1-7H. The van der Waals surface area contributed by atoms with E-state index in [1.165, 1.54) is 24.4 Å². The fraction of sp³-hybridized carbons (Fsp3) is 0.0909. The molecule has 0 aliphatic heterocycles. The van der Waals surface area contributed by atoms with Gasteiger partial charge in [0, 0.05) is 0 Å². The van der Waals surface area contributed by atoms with Gasteiger partial charge in [-0.05, 0) is 24.3 Å². The average Bonchev–Trinajstić information content (AvgIpc) is 2.76. The third kappa shape index (κ3) is 2.20. The van der Waals surface area contributed by atoms with Crippen LogP contribution in [0.15, 0.2) is 36.5 Å². The van der Waals surface area contributed by atoms with Crippen molar-refractivity contribution in [1.29, 1.82) is 0 Å². The molecular weight excluding hydrogens is 233 g/mol. The summed E-state index contributed by atoms with van der Waals surface area (Å²) in [4.78, 5) is 10.7. The molecule has 0 fully saturated rings. The van der Waals surface area contributed by atoms with Gasteiger partial charge in [-0.2, -0.15) is 18.3 Å². The van der Waals surface area contributed by atoms with E-state index in [1.807, 2.05) is 0 Å². The molecule has 1 aromatic carbocycles. The van der Waals surface area contributed by atoms with Crippen LogP contribution in [0.25, 0.3) is 5.69 Å². The molecule has 17 heavy (non-hydrogen) atoms. The van der Waals surface area contributed by atoms with Crippen LogP contribution in [0, 0.1) is 0 Å². The third-order valence-electron chi connectivity index (χ3n) is 2.21. The molecule has 2 aromatic rings. The molecule has 0 amide bonds. The maximum Gasteiger partial charge on any atom is 0.416 e. The molecule has 0 saturated carbocycles. The Morgan fingerprint density at radius 3 is 2.65 bits per heavy atom. The molecule has 0 unspecified atom stereocenters.